The van der Waals surface area contributed by atoms with E-state index in [1.54, 1.807) is 6.20 Å². The lowest BCUT2D eigenvalue weighted by Crippen LogP contribution is -2.56. The van der Waals surface area contributed by atoms with Gasteiger partial charge in [-0.05, 0) is 25.0 Å². The predicted octanol–water partition coefficient (Wildman–Crippen LogP) is 1.29. The smallest absolute Gasteiger partial charge is 0.0771 e. The van der Waals surface area contributed by atoms with Gasteiger partial charge in [-0.2, -0.15) is 10.2 Å². The van der Waals surface area contributed by atoms with Crippen LogP contribution in [0.2, 0.25) is 0 Å². The molecule has 2 rings (SSSR count). The van der Waals surface area contributed by atoms with E-state index in [0.29, 0.717) is 18.0 Å². The Kier molecular flexibility index (Phi) is 4.07. The maximum Gasteiger partial charge on any atom is 0.0771 e. The fourth-order valence-corrected chi connectivity index (χ4v) is 2.24. The highest BCUT2D eigenvalue weighted by atomic mass is 15.2. The van der Waals surface area contributed by atoms with Gasteiger partial charge in [-0.15, -0.1) is 0 Å². The second kappa shape index (κ2) is 5.56. The second-order valence-corrected chi connectivity index (χ2v) is 5.25. The molecule has 0 spiro atoms. The minimum atomic E-state index is 0.562. The summed E-state index contributed by atoms with van der Waals surface area (Å²) in [5, 5.41) is 11.7. The molecule has 4 nitrogen and oxygen atoms in total. The van der Waals surface area contributed by atoms with E-state index in [1.807, 2.05) is 12.1 Å². The van der Waals surface area contributed by atoms with Crippen LogP contribution in [0.25, 0.3) is 0 Å². The van der Waals surface area contributed by atoms with Crippen molar-refractivity contribution in [2.24, 2.45) is 5.92 Å². The Morgan fingerprint density at radius 2 is 2.35 bits per heavy atom. The van der Waals surface area contributed by atoms with Gasteiger partial charge in [0.05, 0.1) is 5.69 Å². The highest BCUT2D eigenvalue weighted by Gasteiger charge is 2.26. The summed E-state index contributed by atoms with van der Waals surface area (Å²) in [6, 6.07) is 5.15. The molecule has 0 saturated carbocycles. The number of hydrogen-bond acceptors (Lipinski definition) is 4. The van der Waals surface area contributed by atoms with E-state index in [2.05, 4.69) is 41.2 Å². The SMILES string of the molecule is CC(C)C1CN(Cc2cccnn2)C(C)CN1. The van der Waals surface area contributed by atoms with Crippen LogP contribution in [0.3, 0.4) is 0 Å². The van der Waals surface area contributed by atoms with E-state index in [-0.39, 0.29) is 0 Å². The first-order valence-corrected chi connectivity index (χ1v) is 6.41. The average Bonchev–Trinajstić information content (AvgIpc) is 2.33. The first-order valence-electron chi connectivity index (χ1n) is 6.41. The van der Waals surface area contributed by atoms with E-state index < -0.39 is 0 Å². The Morgan fingerprint density at radius 1 is 1.53 bits per heavy atom. The fourth-order valence-electron chi connectivity index (χ4n) is 2.24. The first-order chi connectivity index (χ1) is 8.16. The van der Waals surface area contributed by atoms with Gasteiger partial charge in [-0.1, -0.05) is 13.8 Å². The molecule has 2 atom stereocenters. The number of rotatable bonds is 3. The molecule has 1 saturated heterocycles. The summed E-state index contributed by atoms with van der Waals surface area (Å²) in [6.45, 7) is 9.86. The van der Waals surface area contributed by atoms with E-state index in [0.717, 1.165) is 25.3 Å². The number of hydrogen-bond donors (Lipinski definition) is 1. The van der Waals surface area contributed by atoms with Crippen LogP contribution in [0.1, 0.15) is 26.5 Å². The molecular weight excluding hydrogens is 212 g/mol. The molecule has 1 aromatic rings. The average molecular weight is 234 g/mol. The number of piperazine rings is 1. The molecule has 1 fully saturated rings. The number of nitrogens with one attached hydrogen (secondary N) is 1. The Morgan fingerprint density at radius 3 is 3.00 bits per heavy atom. The predicted molar refractivity (Wildman–Crippen MR) is 68.5 cm³/mol. The van der Waals surface area contributed by atoms with E-state index in [4.69, 9.17) is 0 Å². The van der Waals surface area contributed by atoms with Crippen molar-refractivity contribution < 1.29 is 0 Å². The van der Waals surface area contributed by atoms with Crippen LogP contribution in [-0.2, 0) is 6.54 Å². The third kappa shape index (κ3) is 3.23. The molecule has 1 N–H and O–H groups in total. The maximum absolute atomic E-state index is 4.17. The monoisotopic (exact) mass is 234 g/mol. The van der Waals surface area contributed by atoms with Crippen molar-refractivity contribution in [1.82, 2.24) is 20.4 Å². The van der Waals surface area contributed by atoms with E-state index >= 15 is 0 Å². The van der Waals surface area contributed by atoms with Gasteiger partial charge in [-0.3, -0.25) is 4.90 Å². The Hall–Kier alpha value is -1.00. The van der Waals surface area contributed by atoms with Gasteiger partial charge in [0.2, 0.25) is 0 Å². The first kappa shape index (κ1) is 12.5. The summed E-state index contributed by atoms with van der Waals surface area (Å²) in [4.78, 5) is 2.49. The quantitative estimate of drug-likeness (QED) is 0.856. The maximum atomic E-state index is 4.17. The topological polar surface area (TPSA) is 41.1 Å². The van der Waals surface area contributed by atoms with Gasteiger partial charge >= 0.3 is 0 Å². The molecule has 94 valence electrons. The highest BCUT2D eigenvalue weighted by Crippen LogP contribution is 2.14. The molecule has 0 radical (unpaired) electrons. The summed E-state index contributed by atoms with van der Waals surface area (Å²) in [6.07, 6.45) is 1.72. The molecule has 1 aliphatic heterocycles. The molecule has 1 aliphatic rings. The lowest BCUT2D eigenvalue weighted by molar-refractivity contribution is 0.114. The van der Waals surface area contributed by atoms with Gasteiger partial charge in [0.1, 0.15) is 0 Å². The van der Waals surface area contributed by atoms with Gasteiger partial charge in [0.25, 0.3) is 0 Å². The molecule has 2 heterocycles. The number of aromatic nitrogens is 2. The Bertz CT molecular complexity index is 339. The molecule has 0 aliphatic carbocycles. The van der Waals surface area contributed by atoms with Crippen LogP contribution in [0.15, 0.2) is 18.3 Å². The zero-order chi connectivity index (χ0) is 12.3. The summed E-state index contributed by atoms with van der Waals surface area (Å²) in [7, 11) is 0. The van der Waals surface area contributed by atoms with Crippen LogP contribution in [0.4, 0.5) is 0 Å². The van der Waals surface area contributed by atoms with E-state index in [9.17, 15) is 0 Å². The van der Waals surface area contributed by atoms with Crippen molar-refractivity contribution in [3.63, 3.8) is 0 Å². The second-order valence-electron chi connectivity index (χ2n) is 5.25. The van der Waals surface area contributed by atoms with Crippen molar-refractivity contribution >= 4 is 0 Å². The summed E-state index contributed by atoms with van der Waals surface area (Å²) in [5.41, 5.74) is 1.06. The van der Waals surface area contributed by atoms with Crippen LogP contribution >= 0.6 is 0 Å². The van der Waals surface area contributed by atoms with Crippen LogP contribution < -0.4 is 5.32 Å². The van der Waals surface area contributed by atoms with Gasteiger partial charge in [0.15, 0.2) is 0 Å². The number of nitrogens with zero attached hydrogens (tertiary/aromatic N) is 3. The molecular formula is C13H22N4. The van der Waals surface area contributed by atoms with Crippen LogP contribution in [0.5, 0.6) is 0 Å². The summed E-state index contributed by atoms with van der Waals surface area (Å²) < 4.78 is 0. The van der Waals surface area contributed by atoms with Crippen molar-refractivity contribution in [3.8, 4) is 0 Å². The molecule has 0 amide bonds. The zero-order valence-electron chi connectivity index (χ0n) is 10.9. The lowest BCUT2D eigenvalue weighted by atomic mass is 9.99. The third-order valence-electron chi connectivity index (χ3n) is 3.53. The minimum absolute atomic E-state index is 0.562. The van der Waals surface area contributed by atoms with Gasteiger partial charge in [-0.25, -0.2) is 0 Å². The zero-order valence-corrected chi connectivity index (χ0v) is 10.9. The van der Waals surface area contributed by atoms with Crippen LogP contribution in [0, 0.1) is 5.92 Å². The largest absolute Gasteiger partial charge is 0.311 e. The molecule has 4 heteroatoms. The van der Waals surface area contributed by atoms with Crippen molar-refractivity contribution in [2.45, 2.75) is 39.4 Å². The van der Waals surface area contributed by atoms with Crippen LogP contribution in [-0.4, -0.2) is 40.3 Å². The molecule has 1 aromatic heterocycles. The lowest BCUT2D eigenvalue weighted by Gasteiger charge is -2.40. The Labute approximate surface area is 103 Å². The highest BCUT2D eigenvalue weighted by molar-refractivity contribution is 5.00. The Balaban J connectivity index is 1.99. The van der Waals surface area contributed by atoms with E-state index in [1.165, 1.54) is 0 Å². The van der Waals surface area contributed by atoms with Gasteiger partial charge in [0, 0.05) is 37.9 Å². The molecule has 17 heavy (non-hydrogen) atoms. The normalized spacial score (nSPS) is 26.4. The van der Waals surface area contributed by atoms with Crippen molar-refractivity contribution in [3.05, 3.63) is 24.0 Å². The molecule has 0 bridgehead atoms. The summed E-state index contributed by atoms with van der Waals surface area (Å²) in [5.74, 6) is 0.673. The third-order valence-corrected chi connectivity index (χ3v) is 3.53. The molecule has 0 aromatic carbocycles. The minimum Gasteiger partial charge on any atom is -0.311 e. The summed E-state index contributed by atoms with van der Waals surface area (Å²) >= 11 is 0. The standard InChI is InChI=1S/C13H22N4/c1-10(2)13-9-17(11(3)7-14-13)8-12-5-4-6-15-16-12/h4-6,10-11,13-14H,7-9H2,1-3H3. The fraction of sp³-hybridized carbons (Fsp3) is 0.692. The van der Waals surface area contributed by atoms with Crippen molar-refractivity contribution in [1.29, 1.82) is 0 Å². The molecule has 2 unspecified atom stereocenters. The van der Waals surface area contributed by atoms with Gasteiger partial charge < -0.3 is 5.32 Å². The van der Waals surface area contributed by atoms with Crippen molar-refractivity contribution in [2.75, 3.05) is 13.1 Å².